The molecule has 1 rings (SSSR count). The molecular weight excluding hydrogens is 258 g/mol. The minimum Gasteiger partial charge on any atom is -0.399 e. The zero-order chi connectivity index (χ0) is 15.2. The van der Waals surface area contributed by atoms with Crippen molar-refractivity contribution >= 4 is 17.5 Å². The Hall–Kier alpha value is -2.08. The van der Waals surface area contributed by atoms with Crippen molar-refractivity contribution in [3.8, 4) is 0 Å². The number of rotatable bonds is 7. The van der Waals surface area contributed by atoms with Crippen LogP contribution in [-0.4, -0.2) is 31.6 Å². The lowest BCUT2D eigenvalue weighted by Crippen LogP contribution is -2.41. The van der Waals surface area contributed by atoms with Gasteiger partial charge >= 0.3 is 0 Å². The van der Waals surface area contributed by atoms with Crippen LogP contribution in [0.4, 0.5) is 5.69 Å². The smallest absolute Gasteiger partial charge is 0.243 e. The molecule has 0 unspecified atom stereocenters. The molecule has 110 valence electrons. The van der Waals surface area contributed by atoms with E-state index in [9.17, 15) is 9.59 Å². The molecule has 1 aromatic rings. The maximum atomic E-state index is 12.2. The van der Waals surface area contributed by atoms with Gasteiger partial charge in [-0.05, 0) is 31.5 Å². The minimum atomic E-state index is -0.669. The molecule has 0 radical (unpaired) electrons. The van der Waals surface area contributed by atoms with Gasteiger partial charge in [0.25, 0.3) is 0 Å². The summed E-state index contributed by atoms with van der Waals surface area (Å²) in [5.41, 5.74) is 11.4. The first kappa shape index (κ1) is 16.0. The largest absolute Gasteiger partial charge is 0.399 e. The van der Waals surface area contributed by atoms with Crippen molar-refractivity contribution < 1.29 is 14.3 Å². The van der Waals surface area contributed by atoms with Gasteiger partial charge in [-0.1, -0.05) is 12.1 Å². The fourth-order valence-corrected chi connectivity index (χ4v) is 1.66. The first-order chi connectivity index (χ1) is 9.34. The Kier molecular flexibility index (Phi) is 5.52. The number of nitrogens with one attached hydrogen (secondary N) is 1. The summed E-state index contributed by atoms with van der Waals surface area (Å²) in [6.45, 7) is 4.09. The molecular formula is C14H21N3O3. The van der Waals surface area contributed by atoms with Crippen molar-refractivity contribution in [2.45, 2.75) is 19.3 Å². The van der Waals surface area contributed by atoms with E-state index in [0.29, 0.717) is 12.2 Å². The number of carbonyl (C=O) groups excluding carboxylic acids is 2. The molecule has 0 fully saturated rings. The van der Waals surface area contributed by atoms with Gasteiger partial charge in [0, 0.05) is 12.2 Å². The number of benzene rings is 1. The van der Waals surface area contributed by atoms with Crippen LogP contribution in [0.25, 0.3) is 0 Å². The predicted molar refractivity (Wildman–Crippen MR) is 76.9 cm³/mol. The molecule has 0 spiro atoms. The number of anilines is 1. The average molecular weight is 279 g/mol. The summed E-state index contributed by atoms with van der Waals surface area (Å²) in [5.74, 6) is -0.650. The second kappa shape index (κ2) is 6.91. The molecule has 0 saturated heterocycles. The molecule has 6 nitrogen and oxygen atoms in total. The van der Waals surface area contributed by atoms with E-state index in [0.717, 1.165) is 5.56 Å². The molecule has 1 aromatic carbocycles. The van der Waals surface area contributed by atoms with Crippen molar-refractivity contribution in [2.24, 2.45) is 5.73 Å². The number of hydrogen-bond donors (Lipinski definition) is 3. The highest BCUT2D eigenvalue weighted by Crippen LogP contribution is 2.24. The number of primary amides is 1. The van der Waals surface area contributed by atoms with E-state index in [1.165, 1.54) is 0 Å². The van der Waals surface area contributed by atoms with Gasteiger partial charge in [-0.2, -0.15) is 0 Å². The van der Waals surface area contributed by atoms with E-state index in [4.69, 9.17) is 16.2 Å². The minimum absolute atomic E-state index is 0.120. The lowest BCUT2D eigenvalue weighted by atomic mass is 9.83. The van der Waals surface area contributed by atoms with Gasteiger partial charge in [0.05, 0.1) is 12.0 Å². The van der Waals surface area contributed by atoms with Crippen LogP contribution in [0.1, 0.15) is 19.4 Å². The van der Waals surface area contributed by atoms with Crippen LogP contribution in [0.5, 0.6) is 0 Å². The third kappa shape index (κ3) is 4.55. The van der Waals surface area contributed by atoms with Gasteiger partial charge in [-0.3, -0.25) is 9.59 Å². The number of hydrogen-bond acceptors (Lipinski definition) is 4. The molecule has 0 aliphatic heterocycles. The summed E-state index contributed by atoms with van der Waals surface area (Å²) in [6, 6.07) is 7.19. The summed E-state index contributed by atoms with van der Waals surface area (Å²) < 4.78 is 4.97. The first-order valence-corrected chi connectivity index (χ1v) is 6.34. The van der Waals surface area contributed by atoms with E-state index in [1.807, 2.05) is 26.0 Å². The number of nitrogens with two attached hydrogens (primary N) is 2. The Balaban J connectivity index is 2.48. The highest BCUT2D eigenvalue weighted by molar-refractivity contribution is 5.87. The number of nitrogen functional groups attached to an aromatic ring is 1. The topological polar surface area (TPSA) is 107 Å². The zero-order valence-electron chi connectivity index (χ0n) is 11.8. The van der Waals surface area contributed by atoms with Gasteiger partial charge in [0.2, 0.25) is 11.8 Å². The van der Waals surface area contributed by atoms with Gasteiger partial charge in [-0.15, -0.1) is 0 Å². The van der Waals surface area contributed by atoms with Crippen molar-refractivity contribution in [2.75, 3.05) is 25.5 Å². The first-order valence-electron chi connectivity index (χ1n) is 6.34. The van der Waals surface area contributed by atoms with Crippen molar-refractivity contribution in [1.29, 1.82) is 0 Å². The van der Waals surface area contributed by atoms with Crippen LogP contribution >= 0.6 is 0 Å². The normalized spacial score (nSPS) is 11.1. The predicted octanol–water partition coefficient (Wildman–Crippen LogP) is 0.165. The lowest BCUT2D eigenvalue weighted by molar-refractivity contribution is -0.126. The van der Waals surface area contributed by atoms with E-state index < -0.39 is 11.3 Å². The monoisotopic (exact) mass is 279 g/mol. The number of amides is 2. The number of ether oxygens (including phenoxy) is 1. The third-order valence-corrected chi connectivity index (χ3v) is 2.98. The van der Waals surface area contributed by atoms with Gasteiger partial charge in [0.1, 0.15) is 6.61 Å². The standard InChI is InChI=1S/C14H21N3O3/c1-14(2,10-3-5-11(15)6-4-10)13(19)17-7-8-20-9-12(16)18/h3-6H,7-9,15H2,1-2H3,(H2,16,18)(H,17,19). The Bertz CT molecular complexity index is 469. The lowest BCUT2D eigenvalue weighted by Gasteiger charge is -2.24. The van der Waals surface area contributed by atoms with E-state index in [-0.39, 0.29) is 19.1 Å². The van der Waals surface area contributed by atoms with E-state index >= 15 is 0 Å². The Labute approximate surface area is 118 Å². The molecule has 0 saturated carbocycles. The summed E-state index contributed by atoms with van der Waals surface area (Å²) in [6.07, 6.45) is 0. The van der Waals surface area contributed by atoms with Crippen LogP contribution < -0.4 is 16.8 Å². The zero-order valence-corrected chi connectivity index (χ0v) is 11.8. The second-order valence-electron chi connectivity index (χ2n) is 5.02. The Morgan fingerprint density at radius 1 is 1.25 bits per heavy atom. The van der Waals surface area contributed by atoms with Crippen molar-refractivity contribution in [1.82, 2.24) is 5.32 Å². The second-order valence-corrected chi connectivity index (χ2v) is 5.02. The summed E-state index contributed by atoms with van der Waals surface area (Å²) in [7, 11) is 0. The quantitative estimate of drug-likeness (QED) is 0.488. The van der Waals surface area contributed by atoms with Crippen LogP contribution in [0.3, 0.4) is 0 Å². The van der Waals surface area contributed by atoms with Crippen LogP contribution in [0, 0.1) is 0 Å². The van der Waals surface area contributed by atoms with Gasteiger partial charge in [0.15, 0.2) is 0 Å². The van der Waals surface area contributed by atoms with Crippen LogP contribution in [0.15, 0.2) is 24.3 Å². The third-order valence-electron chi connectivity index (χ3n) is 2.98. The molecule has 6 heteroatoms. The molecule has 2 amide bonds. The molecule has 0 heterocycles. The van der Waals surface area contributed by atoms with Gasteiger partial charge in [-0.25, -0.2) is 0 Å². The van der Waals surface area contributed by atoms with E-state index in [1.54, 1.807) is 12.1 Å². The van der Waals surface area contributed by atoms with Crippen LogP contribution in [0.2, 0.25) is 0 Å². The van der Waals surface area contributed by atoms with Crippen molar-refractivity contribution in [3.05, 3.63) is 29.8 Å². The fourth-order valence-electron chi connectivity index (χ4n) is 1.66. The van der Waals surface area contributed by atoms with Crippen LogP contribution in [-0.2, 0) is 19.7 Å². The molecule has 20 heavy (non-hydrogen) atoms. The summed E-state index contributed by atoms with van der Waals surface area (Å²) >= 11 is 0. The SMILES string of the molecule is CC(C)(C(=O)NCCOCC(N)=O)c1ccc(N)cc1. The van der Waals surface area contributed by atoms with Gasteiger partial charge < -0.3 is 21.5 Å². The Morgan fingerprint density at radius 3 is 2.40 bits per heavy atom. The molecule has 0 atom stereocenters. The van der Waals surface area contributed by atoms with E-state index in [2.05, 4.69) is 5.32 Å². The summed E-state index contributed by atoms with van der Waals surface area (Å²) in [5, 5.41) is 2.76. The molecule has 0 aliphatic rings. The highest BCUT2D eigenvalue weighted by Gasteiger charge is 2.29. The Morgan fingerprint density at radius 2 is 1.85 bits per heavy atom. The molecule has 0 aromatic heterocycles. The highest BCUT2D eigenvalue weighted by atomic mass is 16.5. The molecule has 5 N–H and O–H groups in total. The molecule has 0 aliphatic carbocycles. The maximum absolute atomic E-state index is 12.2. The molecule has 0 bridgehead atoms. The maximum Gasteiger partial charge on any atom is 0.243 e. The summed E-state index contributed by atoms with van der Waals surface area (Å²) in [4.78, 5) is 22.6. The van der Waals surface area contributed by atoms with Crippen molar-refractivity contribution in [3.63, 3.8) is 0 Å². The number of carbonyl (C=O) groups is 2. The fraction of sp³-hybridized carbons (Fsp3) is 0.429. The average Bonchev–Trinajstić information content (AvgIpc) is 2.38.